The van der Waals surface area contributed by atoms with Gasteiger partial charge in [0.2, 0.25) is 0 Å². The highest BCUT2D eigenvalue weighted by molar-refractivity contribution is 6.31. The Bertz CT molecular complexity index is 1300. The third kappa shape index (κ3) is 3.80. The van der Waals surface area contributed by atoms with Crippen molar-refractivity contribution in [3.05, 3.63) is 59.6 Å². The van der Waals surface area contributed by atoms with Crippen LogP contribution in [0.1, 0.15) is 23.3 Å². The Labute approximate surface area is 181 Å². The number of hydrogen-bond acceptors (Lipinski definition) is 6. The Morgan fingerprint density at radius 2 is 2.13 bits per heavy atom. The van der Waals surface area contributed by atoms with E-state index in [1.807, 2.05) is 0 Å². The van der Waals surface area contributed by atoms with E-state index in [1.54, 1.807) is 36.7 Å². The van der Waals surface area contributed by atoms with Gasteiger partial charge in [-0.2, -0.15) is 10.2 Å². The summed E-state index contributed by atoms with van der Waals surface area (Å²) in [5, 5.41) is 21.1. The molecule has 0 spiro atoms. The second kappa shape index (κ2) is 8.07. The second-order valence-electron chi connectivity index (χ2n) is 6.63. The highest BCUT2D eigenvalue weighted by atomic mass is 35.5. The smallest absolute Gasteiger partial charge is 0.328 e. The fraction of sp³-hybridized carbons (Fsp3) is 0.150. The summed E-state index contributed by atoms with van der Waals surface area (Å²) < 4.78 is 8.13. The molecule has 0 saturated heterocycles. The molecule has 1 amide bonds. The molecule has 0 saturated carbocycles. The molecule has 4 rings (SSSR count). The first kappa shape index (κ1) is 20.4. The number of carbonyl (C=O) groups is 2. The molecular formula is C20H17ClN6O4. The molecule has 4 aromatic rings. The number of halogens is 1. The number of methoxy groups -OCH3 is 1. The molecule has 0 aliphatic heterocycles. The number of amides is 1. The van der Waals surface area contributed by atoms with E-state index in [0.29, 0.717) is 27.7 Å². The van der Waals surface area contributed by atoms with Crippen LogP contribution in [0.3, 0.4) is 0 Å². The van der Waals surface area contributed by atoms with Gasteiger partial charge in [-0.1, -0.05) is 11.6 Å². The van der Waals surface area contributed by atoms with Crippen molar-refractivity contribution in [2.45, 2.75) is 13.0 Å². The van der Waals surface area contributed by atoms with Gasteiger partial charge in [0.05, 0.1) is 25.2 Å². The van der Waals surface area contributed by atoms with Crippen molar-refractivity contribution in [2.24, 2.45) is 0 Å². The molecule has 2 N–H and O–H groups in total. The minimum Gasteiger partial charge on any atom is -0.496 e. The largest absolute Gasteiger partial charge is 0.496 e. The van der Waals surface area contributed by atoms with Gasteiger partial charge in [-0.05, 0) is 31.2 Å². The van der Waals surface area contributed by atoms with Crippen LogP contribution in [-0.4, -0.2) is 48.5 Å². The van der Waals surface area contributed by atoms with Gasteiger partial charge in [-0.15, -0.1) is 0 Å². The van der Waals surface area contributed by atoms with Crippen LogP contribution in [0.4, 0.5) is 5.69 Å². The second-order valence-corrected chi connectivity index (χ2v) is 7.07. The average molecular weight is 441 g/mol. The monoisotopic (exact) mass is 440 g/mol. The Hall–Kier alpha value is -3.92. The molecule has 11 heteroatoms. The van der Waals surface area contributed by atoms with Gasteiger partial charge in [0.1, 0.15) is 23.0 Å². The van der Waals surface area contributed by atoms with Gasteiger partial charge in [0, 0.05) is 23.0 Å². The number of nitrogens with zero attached hydrogens (tertiary/aromatic N) is 5. The number of fused-ring (bicyclic) bond motifs is 1. The topological polar surface area (TPSA) is 124 Å². The molecule has 158 valence electrons. The highest BCUT2D eigenvalue weighted by Gasteiger charge is 2.23. The van der Waals surface area contributed by atoms with Crippen molar-refractivity contribution in [3.63, 3.8) is 0 Å². The van der Waals surface area contributed by atoms with Gasteiger partial charge in [0.25, 0.3) is 5.91 Å². The fourth-order valence-electron chi connectivity index (χ4n) is 3.04. The summed E-state index contributed by atoms with van der Waals surface area (Å²) in [5.41, 5.74) is 1.73. The maximum Gasteiger partial charge on any atom is 0.328 e. The van der Waals surface area contributed by atoms with Crippen LogP contribution in [0.2, 0.25) is 5.02 Å². The van der Waals surface area contributed by atoms with Crippen LogP contribution < -0.4 is 10.1 Å². The number of carboxylic acid groups (broad SMARTS) is 1. The number of hydrogen-bond donors (Lipinski definition) is 2. The summed E-state index contributed by atoms with van der Waals surface area (Å²) in [4.78, 5) is 28.7. The van der Waals surface area contributed by atoms with Crippen molar-refractivity contribution >= 4 is 34.8 Å². The van der Waals surface area contributed by atoms with Crippen molar-refractivity contribution in [1.82, 2.24) is 24.4 Å². The maximum absolute atomic E-state index is 13.0. The van der Waals surface area contributed by atoms with Crippen LogP contribution in [0.5, 0.6) is 5.75 Å². The molecule has 0 fully saturated rings. The third-order valence-corrected chi connectivity index (χ3v) is 4.91. The van der Waals surface area contributed by atoms with Gasteiger partial charge < -0.3 is 15.2 Å². The molecule has 10 nitrogen and oxygen atoms in total. The van der Waals surface area contributed by atoms with E-state index in [-0.39, 0.29) is 11.3 Å². The molecule has 1 aromatic carbocycles. The van der Waals surface area contributed by atoms with Gasteiger partial charge >= 0.3 is 5.97 Å². The number of carbonyl (C=O) groups excluding carboxylic acids is 1. The van der Waals surface area contributed by atoms with Crippen LogP contribution in [0.15, 0.2) is 49.1 Å². The Morgan fingerprint density at radius 1 is 1.32 bits per heavy atom. The molecule has 0 bridgehead atoms. The predicted molar refractivity (Wildman–Crippen MR) is 113 cm³/mol. The van der Waals surface area contributed by atoms with E-state index in [9.17, 15) is 14.7 Å². The lowest BCUT2D eigenvalue weighted by Gasteiger charge is -2.09. The van der Waals surface area contributed by atoms with Crippen molar-refractivity contribution in [1.29, 1.82) is 0 Å². The number of anilines is 1. The molecule has 0 aliphatic carbocycles. The summed E-state index contributed by atoms with van der Waals surface area (Å²) in [6.45, 7) is 1.48. The van der Waals surface area contributed by atoms with E-state index in [1.165, 1.54) is 35.6 Å². The minimum absolute atomic E-state index is 0.253. The summed E-state index contributed by atoms with van der Waals surface area (Å²) in [6, 6.07) is 5.68. The lowest BCUT2D eigenvalue weighted by Crippen LogP contribution is -2.16. The normalized spacial score (nSPS) is 12.0. The van der Waals surface area contributed by atoms with E-state index < -0.39 is 17.9 Å². The fourth-order valence-corrected chi connectivity index (χ4v) is 3.21. The Balaban J connectivity index is 1.80. The summed E-state index contributed by atoms with van der Waals surface area (Å²) in [6.07, 6.45) is 6.09. The summed E-state index contributed by atoms with van der Waals surface area (Å²) in [7, 11) is 1.49. The summed E-state index contributed by atoms with van der Waals surface area (Å²) >= 11 is 6.16. The Kier molecular flexibility index (Phi) is 5.30. The SMILES string of the molecule is COc1ccc(Cl)cc1-c1nn(C(C)C(=O)O)cc1NC(=O)c1cnn2cccnc12. The third-order valence-electron chi connectivity index (χ3n) is 4.67. The molecule has 31 heavy (non-hydrogen) atoms. The van der Waals surface area contributed by atoms with E-state index in [2.05, 4.69) is 20.5 Å². The Morgan fingerprint density at radius 3 is 2.87 bits per heavy atom. The molecule has 3 aromatic heterocycles. The first-order valence-electron chi connectivity index (χ1n) is 9.14. The lowest BCUT2D eigenvalue weighted by molar-refractivity contribution is -0.140. The van der Waals surface area contributed by atoms with Gasteiger partial charge in [-0.3, -0.25) is 9.48 Å². The number of rotatable bonds is 6. The zero-order valence-corrected chi connectivity index (χ0v) is 17.2. The average Bonchev–Trinajstić information content (AvgIpc) is 3.37. The molecule has 0 radical (unpaired) electrons. The van der Waals surface area contributed by atoms with E-state index in [4.69, 9.17) is 16.3 Å². The first-order chi connectivity index (χ1) is 14.9. The highest BCUT2D eigenvalue weighted by Crippen LogP contribution is 2.36. The van der Waals surface area contributed by atoms with Gasteiger partial charge in [-0.25, -0.2) is 14.3 Å². The van der Waals surface area contributed by atoms with Crippen molar-refractivity contribution in [3.8, 4) is 17.0 Å². The zero-order valence-electron chi connectivity index (χ0n) is 16.5. The number of ether oxygens (including phenoxy) is 1. The summed E-state index contributed by atoms with van der Waals surface area (Å²) in [5.74, 6) is -1.08. The van der Waals surface area contributed by atoms with Crippen molar-refractivity contribution < 1.29 is 19.4 Å². The van der Waals surface area contributed by atoms with E-state index in [0.717, 1.165) is 0 Å². The quantitative estimate of drug-likeness (QED) is 0.472. The first-order valence-corrected chi connectivity index (χ1v) is 9.52. The van der Waals surface area contributed by atoms with Gasteiger partial charge in [0.15, 0.2) is 5.65 Å². The molecular weight excluding hydrogens is 424 g/mol. The number of benzene rings is 1. The lowest BCUT2D eigenvalue weighted by atomic mass is 10.1. The molecule has 1 atom stereocenters. The zero-order chi connectivity index (χ0) is 22.1. The van der Waals surface area contributed by atoms with Crippen LogP contribution >= 0.6 is 11.6 Å². The number of aromatic nitrogens is 5. The predicted octanol–water partition coefficient (Wildman–Crippen LogP) is 3.15. The number of nitrogens with one attached hydrogen (secondary N) is 1. The van der Waals surface area contributed by atoms with Crippen molar-refractivity contribution in [2.75, 3.05) is 12.4 Å². The van der Waals surface area contributed by atoms with Crippen LogP contribution in [0.25, 0.3) is 16.9 Å². The minimum atomic E-state index is -1.07. The van der Waals surface area contributed by atoms with Crippen LogP contribution in [-0.2, 0) is 4.79 Å². The molecule has 3 heterocycles. The standard InChI is InChI=1S/C20H17ClN6O4/c1-11(20(29)30)27-10-15(17(25-27)13-8-12(21)4-5-16(13)31-2)24-19(28)14-9-23-26-7-3-6-22-18(14)26/h3-11H,1-2H3,(H,24,28)(H,29,30). The number of aliphatic carboxylic acids is 1. The van der Waals surface area contributed by atoms with Crippen LogP contribution in [0, 0.1) is 0 Å². The number of carboxylic acids is 1. The van der Waals surface area contributed by atoms with E-state index >= 15 is 0 Å². The maximum atomic E-state index is 13.0. The molecule has 1 unspecified atom stereocenters. The molecule has 0 aliphatic rings.